The second-order valence-electron chi connectivity index (χ2n) is 5.22. The summed E-state index contributed by atoms with van der Waals surface area (Å²) in [7, 11) is 0. The molecular formula is C11H20O. The number of ether oxygens (including phenoxy) is 1. The average molecular weight is 168 g/mol. The van der Waals surface area contributed by atoms with Crippen LogP contribution in [-0.4, -0.2) is 12.7 Å². The van der Waals surface area contributed by atoms with Crippen molar-refractivity contribution in [3.8, 4) is 0 Å². The molecule has 1 heterocycles. The van der Waals surface area contributed by atoms with Crippen LogP contribution in [0.4, 0.5) is 0 Å². The highest BCUT2D eigenvalue weighted by Gasteiger charge is 2.36. The fraction of sp³-hybridized carbons (Fsp3) is 1.00. The van der Waals surface area contributed by atoms with Gasteiger partial charge in [-0.05, 0) is 43.4 Å². The van der Waals surface area contributed by atoms with Gasteiger partial charge in [-0.2, -0.15) is 0 Å². The van der Waals surface area contributed by atoms with Crippen LogP contribution >= 0.6 is 0 Å². The highest BCUT2D eigenvalue weighted by atomic mass is 16.5. The van der Waals surface area contributed by atoms with E-state index in [1.165, 1.54) is 32.1 Å². The van der Waals surface area contributed by atoms with Crippen LogP contribution in [0.1, 0.15) is 46.0 Å². The second kappa shape index (κ2) is 3.02. The molecule has 0 amide bonds. The van der Waals surface area contributed by atoms with E-state index in [-0.39, 0.29) is 0 Å². The van der Waals surface area contributed by atoms with Gasteiger partial charge in [-0.3, -0.25) is 0 Å². The molecule has 0 aromatic heterocycles. The van der Waals surface area contributed by atoms with Crippen LogP contribution in [-0.2, 0) is 4.74 Å². The molecule has 0 N–H and O–H groups in total. The summed E-state index contributed by atoms with van der Waals surface area (Å²) in [5.74, 6) is 0.877. The minimum absolute atomic E-state index is 0.585. The van der Waals surface area contributed by atoms with E-state index in [1.807, 2.05) is 0 Å². The highest BCUT2D eigenvalue weighted by Crippen LogP contribution is 2.43. The molecule has 2 rings (SSSR count). The molecule has 1 saturated carbocycles. The first-order chi connectivity index (χ1) is 5.67. The van der Waals surface area contributed by atoms with E-state index in [2.05, 4.69) is 13.8 Å². The van der Waals surface area contributed by atoms with Crippen molar-refractivity contribution >= 4 is 0 Å². The van der Waals surface area contributed by atoms with Gasteiger partial charge in [0, 0.05) is 6.61 Å². The van der Waals surface area contributed by atoms with Crippen molar-refractivity contribution in [1.82, 2.24) is 0 Å². The SMILES string of the molecule is CC1(C)CCC2OCCCC2C1. The van der Waals surface area contributed by atoms with Crippen LogP contribution in [0.2, 0.25) is 0 Å². The Balaban J connectivity index is 1.99. The van der Waals surface area contributed by atoms with Gasteiger partial charge in [-0.15, -0.1) is 0 Å². The molecule has 70 valence electrons. The van der Waals surface area contributed by atoms with Crippen molar-refractivity contribution in [2.75, 3.05) is 6.61 Å². The van der Waals surface area contributed by atoms with Gasteiger partial charge in [-0.25, -0.2) is 0 Å². The van der Waals surface area contributed by atoms with Crippen LogP contribution in [0.5, 0.6) is 0 Å². The number of fused-ring (bicyclic) bond motifs is 1. The maximum atomic E-state index is 5.78. The molecule has 0 radical (unpaired) electrons. The number of hydrogen-bond acceptors (Lipinski definition) is 1. The Bertz CT molecular complexity index is 162. The van der Waals surface area contributed by atoms with E-state index in [0.717, 1.165) is 12.5 Å². The van der Waals surface area contributed by atoms with E-state index < -0.39 is 0 Å². The normalized spacial score (nSPS) is 40.5. The quantitative estimate of drug-likeness (QED) is 0.540. The summed E-state index contributed by atoms with van der Waals surface area (Å²) in [6.07, 6.45) is 7.36. The van der Waals surface area contributed by atoms with Gasteiger partial charge in [0.2, 0.25) is 0 Å². The van der Waals surface area contributed by atoms with Gasteiger partial charge in [0.15, 0.2) is 0 Å². The van der Waals surface area contributed by atoms with Crippen LogP contribution in [0, 0.1) is 11.3 Å². The number of rotatable bonds is 0. The minimum atomic E-state index is 0.585. The van der Waals surface area contributed by atoms with Crippen molar-refractivity contribution in [2.24, 2.45) is 11.3 Å². The Kier molecular flexibility index (Phi) is 2.16. The summed E-state index contributed by atoms with van der Waals surface area (Å²) in [6.45, 7) is 5.82. The Morgan fingerprint density at radius 1 is 1.25 bits per heavy atom. The van der Waals surface area contributed by atoms with Crippen molar-refractivity contribution < 1.29 is 4.74 Å². The molecule has 1 nitrogen and oxygen atoms in total. The maximum Gasteiger partial charge on any atom is 0.0603 e. The summed E-state index contributed by atoms with van der Waals surface area (Å²) in [4.78, 5) is 0. The van der Waals surface area contributed by atoms with Gasteiger partial charge < -0.3 is 4.74 Å². The van der Waals surface area contributed by atoms with E-state index in [4.69, 9.17) is 4.74 Å². The predicted molar refractivity (Wildman–Crippen MR) is 50.1 cm³/mol. The van der Waals surface area contributed by atoms with Crippen molar-refractivity contribution in [3.63, 3.8) is 0 Å². The minimum Gasteiger partial charge on any atom is -0.378 e. The van der Waals surface area contributed by atoms with Crippen LogP contribution in [0.3, 0.4) is 0 Å². The third-order valence-corrected chi connectivity index (χ3v) is 3.50. The first-order valence-electron chi connectivity index (χ1n) is 5.29. The molecule has 2 fully saturated rings. The number of hydrogen-bond donors (Lipinski definition) is 0. The molecule has 12 heavy (non-hydrogen) atoms. The molecule has 2 atom stereocenters. The molecule has 2 aliphatic rings. The highest BCUT2D eigenvalue weighted by molar-refractivity contribution is 4.87. The average Bonchev–Trinajstić information content (AvgIpc) is 2.02. The summed E-state index contributed by atoms with van der Waals surface area (Å²) in [5, 5.41) is 0. The van der Waals surface area contributed by atoms with Crippen LogP contribution in [0.15, 0.2) is 0 Å². The zero-order chi connectivity index (χ0) is 8.60. The lowest BCUT2D eigenvalue weighted by molar-refractivity contribution is -0.0710. The van der Waals surface area contributed by atoms with Crippen LogP contribution in [0.25, 0.3) is 0 Å². The maximum absolute atomic E-state index is 5.78. The van der Waals surface area contributed by atoms with Crippen molar-refractivity contribution in [3.05, 3.63) is 0 Å². The van der Waals surface area contributed by atoms with E-state index in [1.54, 1.807) is 0 Å². The lowest BCUT2D eigenvalue weighted by Crippen LogP contribution is -2.38. The van der Waals surface area contributed by atoms with Gasteiger partial charge in [0.05, 0.1) is 6.10 Å². The smallest absolute Gasteiger partial charge is 0.0603 e. The molecule has 0 aromatic carbocycles. The summed E-state index contributed by atoms with van der Waals surface area (Å²) < 4.78 is 5.78. The molecule has 1 aliphatic carbocycles. The lowest BCUT2D eigenvalue weighted by Gasteiger charge is -2.43. The van der Waals surface area contributed by atoms with Crippen molar-refractivity contribution in [1.29, 1.82) is 0 Å². The van der Waals surface area contributed by atoms with Crippen LogP contribution < -0.4 is 0 Å². The Labute approximate surface area is 75.5 Å². The molecule has 0 spiro atoms. The molecule has 2 unspecified atom stereocenters. The molecule has 0 bridgehead atoms. The Morgan fingerprint density at radius 2 is 2.08 bits per heavy atom. The Hall–Kier alpha value is -0.0400. The summed E-state index contributed by atoms with van der Waals surface area (Å²) >= 11 is 0. The fourth-order valence-corrected chi connectivity index (χ4v) is 2.80. The van der Waals surface area contributed by atoms with E-state index in [0.29, 0.717) is 11.5 Å². The third kappa shape index (κ3) is 1.66. The van der Waals surface area contributed by atoms with E-state index >= 15 is 0 Å². The monoisotopic (exact) mass is 168 g/mol. The zero-order valence-electron chi connectivity index (χ0n) is 8.31. The molecule has 0 aromatic rings. The first-order valence-corrected chi connectivity index (χ1v) is 5.29. The molecule has 1 aliphatic heterocycles. The molecule has 1 saturated heterocycles. The van der Waals surface area contributed by atoms with Gasteiger partial charge in [0.1, 0.15) is 0 Å². The standard InChI is InChI=1S/C11H20O/c1-11(2)6-5-10-9(8-11)4-3-7-12-10/h9-10H,3-8H2,1-2H3. The van der Waals surface area contributed by atoms with Gasteiger partial charge >= 0.3 is 0 Å². The lowest BCUT2D eigenvalue weighted by atomic mass is 9.69. The second-order valence-corrected chi connectivity index (χ2v) is 5.22. The van der Waals surface area contributed by atoms with Gasteiger partial charge in [0.25, 0.3) is 0 Å². The first kappa shape index (κ1) is 8.55. The third-order valence-electron chi connectivity index (χ3n) is 3.50. The molecule has 1 heteroatoms. The van der Waals surface area contributed by atoms with E-state index in [9.17, 15) is 0 Å². The Morgan fingerprint density at radius 3 is 2.92 bits per heavy atom. The largest absolute Gasteiger partial charge is 0.378 e. The summed E-state index contributed by atoms with van der Waals surface area (Å²) in [6, 6.07) is 0. The predicted octanol–water partition coefficient (Wildman–Crippen LogP) is 2.99. The van der Waals surface area contributed by atoms with Gasteiger partial charge in [-0.1, -0.05) is 13.8 Å². The zero-order valence-corrected chi connectivity index (χ0v) is 8.31. The topological polar surface area (TPSA) is 9.23 Å². The van der Waals surface area contributed by atoms with Crippen molar-refractivity contribution in [2.45, 2.75) is 52.1 Å². The summed E-state index contributed by atoms with van der Waals surface area (Å²) in [5.41, 5.74) is 0.585. The molecular weight excluding hydrogens is 148 g/mol. The fourth-order valence-electron chi connectivity index (χ4n) is 2.80.